The average molecular weight is 280 g/mol. The van der Waals surface area contributed by atoms with Crippen molar-refractivity contribution in [1.82, 2.24) is 5.32 Å². The molecule has 3 fully saturated rings. The zero-order valence-corrected chi connectivity index (χ0v) is 13.1. The minimum absolute atomic E-state index is 0.404. The predicted octanol–water partition coefficient (Wildman–Crippen LogP) is 4.35. The molecule has 19 heavy (non-hydrogen) atoms. The van der Waals surface area contributed by atoms with Crippen molar-refractivity contribution in [3.05, 3.63) is 0 Å². The standard InChI is InChI=1S/C16H28N2S/c1-13-8-10-16(11-9-13)12-19-15(18-16)17-14-6-4-2-3-5-7-14/h13-14H,2-12H2,1H3,(H,17,18). The van der Waals surface area contributed by atoms with Crippen LogP contribution in [0.25, 0.3) is 0 Å². The summed E-state index contributed by atoms with van der Waals surface area (Å²) in [5.74, 6) is 2.19. The molecule has 0 bridgehead atoms. The van der Waals surface area contributed by atoms with Crippen molar-refractivity contribution in [1.29, 1.82) is 0 Å². The summed E-state index contributed by atoms with van der Waals surface area (Å²) in [7, 11) is 0. The summed E-state index contributed by atoms with van der Waals surface area (Å²) in [4.78, 5) is 5.03. The van der Waals surface area contributed by atoms with Gasteiger partial charge in [-0.25, -0.2) is 0 Å². The van der Waals surface area contributed by atoms with Crippen molar-refractivity contribution in [2.75, 3.05) is 5.75 Å². The summed E-state index contributed by atoms with van der Waals surface area (Å²) in [6.45, 7) is 2.40. The van der Waals surface area contributed by atoms with Gasteiger partial charge in [0.05, 0.1) is 6.04 Å². The first kappa shape index (κ1) is 13.8. The number of hydrogen-bond donors (Lipinski definition) is 1. The number of amidine groups is 1. The molecule has 0 amide bonds. The van der Waals surface area contributed by atoms with Crippen molar-refractivity contribution < 1.29 is 0 Å². The van der Waals surface area contributed by atoms with Crippen molar-refractivity contribution in [2.45, 2.75) is 82.7 Å². The fourth-order valence-corrected chi connectivity index (χ4v) is 5.00. The topological polar surface area (TPSA) is 24.4 Å². The first-order valence-corrected chi connectivity index (χ1v) is 9.23. The van der Waals surface area contributed by atoms with E-state index in [2.05, 4.69) is 12.2 Å². The molecule has 3 rings (SSSR count). The van der Waals surface area contributed by atoms with Crippen LogP contribution in [0, 0.1) is 5.92 Å². The molecule has 0 atom stereocenters. The van der Waals surface area contributed by atoms with E-state index < -0.39 is 0 Å². The summed E-state index contributed by atoms with van der Waals surface area (Å²) < 4.78 is 0. The third-order valence-corrected chi connectivity index (χ3v) is 6.39. The minimum Gasteiger partial charge on any atom is -0.359 e. The van der Waals surface area contributed by atoms with Gasteiger partial charge in [-0.2, -0.15) is 0 Å². The molecule has 3 heteroatoms. The second kappa shape index (κ2) is 6.07. The van der Waals surface area contributed by atoms with Gasteiger partial charge >= 0.3 is 0 Å². The maximum Gasteiger partial charge on any atom is 0.157 e. The summed E-state index contributed by atoms with van der Waals surface area (Å²) in [6.07, 6.45) is 13.7. The van der Waals surface area contributed by atoms with E-state index in [0.717, 1.165) is 5.92 Å². The Kier molecular flexibility index (Phi) is 4.40. The molecule has 0 aromatic carbocycles. The van der Waals surface area contributed by atoms with E-state index in [1.807, 2.05) is 11.8 Å². The molecule has 2 nitrogen and oxygen atoms in total. The second-order valence-electron chi connectivity index (χ2n) is 6.96. The number of aliphatic imine (C=N–C) groups is 1. The smallest absolute Gasteiger partial charge is 0.157 e. The normalized spacial score (nSPS) is 39.4. The van der Waals surface area contributed by atoms with Gasteiger partial charge in [-0.15, -0.1) is 0 Å². The molecular weight excluding hydrogens is 252 g/mol. The lowest BCUT2D eigenvalue weighted by Crippen LogP contribution is -2.46. The molecule has 3 aliphatic rings. The SMILES string of the molecule is CC1CCC2(CC1)CSC(=NC1CCCCCC1)N2. The highest BCUT2D eigenvalue weighted by Crippen LogP contribution is 2.38. The molecule has 0 unspecified atom stereocenters. The molecular formula is C16H28N2S. The Morgan fingerprint density at radius 3 is 2.42 bits per heavy atom. The van der Waals surface area contributed by atoms with Gasteiger partial charge in [0.1, 0.15) is 0 Å². The van der Waals surface area contributed by atoms with E-state index in [-0.39, 0.29) is 0 Å². The Hall–Kier alpha value is -0.180. The number of thioether (sulfide) groups is 1. The summed E-state index contributed by atoms with van der Waals surface area (Å²) >= 11 is 1.99. The van der Waals surface area contributed by atoms with Crippen molar-refractivity contribution in [3.8, 4) is 0 Å². The zero-order valence-electron chi connectivity index (χ0n) is 12.3. The van der Waals surface area contributed by atoms with E-state index >= 15 is 0 Å². The van der Waals surface area contributed by atoms with Gasteiger partial charge in [-0.1, -0.05) is 44.4 Å². The van der Waals surface area contributed by atoms with Gasteiger partial charge in [0.2, 0.25) is 0 Å². The van der Waals surface area contributed by atoms with Gasteiger partial charge in [0, 0.05) is 11.3 Å². The zero-order chi connectivity index (χ0) is 13.1. The number of rotatable bonds is 1. The van der Waals surface area contributed by atoms with Crippen molar-refractivity contribution in [3.63, 3.8) is 0 Å². The van der Waals surface area contributed by atoms with Crippen LogP contribution in [0.2, 0.25) is 0 Å². The van der Waals surface area contributed by atoms with E-state index in [0.29, 0.717) is 11.6 Å². The van der Waals surface area contributed by atoms with Crippen molar-refractivity contribution in [2.24, 2.45) is 10.9 Å². The van der Waals surface area contributed by atoms with Crippen LogP contribution in [0.1, 0.15) is 71.1 Å². The van der Waals surface area contributed by atoms with Crippen LogP contribution in [0.5, 0.6) is 0 Å². The molecule has 0 radical (unpaired) electrons. The first-order chi connectivity index (χ1) is 9.26. The highest BCUT2D eigenvalue weighted by molar-refractivity contribution is 8.14. The average Bonchev–Trinajstić information content (AvgIpc) is 2.62. The molecule has 1 N–H and O–H groups in total. The maximum atomic E-state index is 5.03. The Labute approximate surface area is 122 Å². The van der Waals surface area contributed by atoms with Gasteiger partial charge in [-0.3, -0.25) is 4.99 Å². The van der Waals surface area contributed by atoms with Crippen LogP contribution < -0.4 is 5.32 Å². The lowest BCUT2D eigenvalue weighted by atomic mass is 9.78. The van der Waals surface area contributed by atoms with Gasteiger partial charge in [0.25, 0.3) is 0 Å². The predicted molar refractivity (Wildman–Crippen MR) is 84.9 cm³/mol. The Bertz CT molecular complexity index is 324. The first-order valence-electron chi connectivity index (χ1n) is 8.25. The summed E-state index contributed by atoms with van der Waals surface area (Å²) in [5, 5.41) is 5.07. The van der Waals surface area contributed by atoms with E-state index in [1.54, 1.807) is 0 Å². The summed E-state index contributed by atoms with van der Waals surface area (Å²) in [5.41, 5.74) is 0.404. The lowest BCUT2D eigenvalue weighted by Gasteiger charge is -2.35. The molecule has 1 heterocycles. The lowest BCUT2D eigenvalue weighted by molar-refractivity contribution is 0.250. The molecule has 2 saturated carbocycles. The minimum atomic E-state index is 0.404. The highest BCUT2D eigenvalue weighted by Gasteiger charge is 2.39. The van der Waals surface area contributed by atoms with E-state index in [4.69, 9.17) is 4.99 Å². The molecule has 1 saturated heterocycles. The van der Waals surface area contributed by atoms with Crippen molar-refractivity contribution >= 4 is 16.9 Å². The molecule has 0 aromatic rings. The van der Waals surface area contributed by atoms with Crippen LogP contribution in [0.3, 0.4) is 0 Å². The summed E-state index contributed by atoms with van der Waals surface area (Å²) in [6, 6.07) is 0.607. The van der Waals surface area contributed by atoms with Crippen LogP contribution >= 0.6 is 11.8 Å². The third kappa shape index (κ3) is 3.48. The number of nitrogens with one attached hydrogen (secondary N) is 1. The number of hydrogen-bond acceptors (Lipinski definition) is 2. The third-order valence-electron chi connectivity index (χ3n) is 5.21. The second-order valence-corrected chi connectivity index (χ2v) is 7.92. The molecule has 108 valence electrons. The fourth-order valence-electron chi connectivity index (χ4n) is 3.71. The molecule has 2 aliphatic carbocycles. The van der Waals surface area contributed by atoms with Gasteiger partial charge < -0.3 is 5.32 Å². The van der Waals surface area contributed by atoms with Crippen LogP contribution in [0.4, 0.5) is 0 Å². The molecule has 1 spiro atoms. The highest BCUT2D eigenvalue weighted by atomic mass is 32.2. The van der Waals surface area contributed by atoms with Crippen LogP contribution in [0.15, 0.2) is 4.99 Å². The largest absolute Gasteiger partial charge is 0.359 e. The van der Waals surface area contributed by atoms with E-state index in [1.165, 1.54) is 75.1 Å². The molecule has 1 aliphatic heterocycles. The van der Waals surface area contributed by atoms with Gasteiger partial charge in [-0.05, 0) is 44.4 Å². The Balaban J connectivity index is 1.58. The van der Waals surface area contributed by atoms with Crippen LogP contribution in [-0.4, -0.2) is 22.5 Å². The quantitative estimate of drug-likeness (QED) is 0.722. The number of nitrogens with zero attached hydrogens (tertiary/aromatic N) is 1. The van der Waals surface area contributed by atoms with E-state index in [9.17, 15) is 0 Å². The monoisotopic (exact) mass is 280 g/mol. The van der Waals surface area contributed by atoms with Crippen LogP contribution in [-0.2, 0) is 0 Å². The van der Waals surface area contributed by atoms with Gasteiger partial charge in [0.15, 0.2) is 5.17 Å². The maximum absolute atomic E-state index is 5.03. The fraction of sp³-hybridized carbons (Fsp3) is 0.938. The Morgan fingerprint density at radius 2 is 1.74 bits per heavy atom. The Morgan fingerprint density at radius 1 is 1.05 bits per heavy atom. The molecule has 0 aromatic heterocycles.